The molecule has 3 aromatic rings. The number of hydrogen-bond donors (Lipinski definition) is 0. The van der Waals surface area contributed by atoms with Crippen LogP contribution in [0.25, 0.3) is 10.8 Å². The minimum absolute atomic E-state index is 0.104. The number of nitrogens with zero attached hydrogens (tertiary/aromatic N) is 4. The number of fused-ring (bicyclic) bond motifs is 2. The highest BCUT2D eigenvalue weighted by molar-refractivity contribution is 9.10. The van der Waals surface area contributed by atoms with Crippen molar-refractivity contribution in [1.29, 1.82) is 0 Å². The first-order valence-electron chi connectivity index (χ1n) is 7.30. The largest absolute Gasteiger partial charge is 0.362 e. The van der Waals surface area contributed by atoms with Crippen molar-refractivity contribution >= 4 is 32.4 Å². The Hall–Kier alpha value is -2.15. The summed E-state index contributed by atoms with van der Waals surface area (Å²) < 4.78 is 18.2. The fourth-order valence-corrected chi connectivity index (χ4v) is 3.61. The molecule has 0 amide bonds. The molecule has 4 rings (SSSR count). The maximum atomic E-state index is 14.5. The zero-order chi connectivity index (χ0) is 16.1. The van der Waals surface area contributed by atoms with Gasteiger partial charge in [0.2, 0.25) is 0 Å². The molecule has 0 bridgehead atoms. The fourth-order valence-electron chi connectivity index (χ4n) is 3.16. The average Bonchev–Trinajstić information content (AvgIpc) is 2.80. The molecule has 1 aromatic heterocycles. The van der Waals surface area contributed by atoms with Gasteiger partial charge in [0.25, 0.3) is 0 Å². The first-order valence-corrected chi connectivity index (χ1v) is 8.09. The lowest BCUT2D eigenvalue weighted by atomic mass is 10.1. The smallest absolute Gasteiger partial charge is 0.345 e. The van der Waals surface area contributed by atoms with Crippen LogP contribution < -0.4 is 10.6 Å². The second kappa shape index (κ2) is 5.19. The van der Waals surface area contributed by atoms with Crippen LogP contribution >= 0.6 is 15.9 Å². The first kappa shape index (κ1) is 14.4. The molecule has 5 nitrogen and oxygen atoms in total. The Morgan fingerprint density at radius 1 is 1.26 bits per heavy atom. The lowest BCUT2D eigenvalue weighted by Gasteiger charge is -2.29. The van der Waals surface area contributed by atoms with E-state index in [0.717, 1.165) is 15.5 Å². The Balaban J connectivity index is 1.83. The lowest BCUT2D eigenvalue weighted by molar-refractivity contribution is 0.549. The van der Waals surface area contributed by atoms with E-state index in [1.165, 1.54) is 10.7 Å². The van der Waals surface area contributed by atoms with E-state index < -0.39 is 0 Å². The van der Waals surface area contributed by atoms with Gasteiger partial charge in [-0.05, 0) is 23.6 Å². The molecular formula is C16H14BrFN4O. The predicted molar refractivity (Wildman–Crippen MR) is 90.1 cm³/mol. The summed E-state index contributed by atoms with van der Waals surface area (Å²) in [5.74, 6) is 0.451. The molecule has 2 aromatic carbocycles. The number of hydrogen-bond acceptors (Lipinski definition) is 3. The Kier molecular flexibility index (Phi) is 3.26. The fraction of sp³-hybridized carbons (Fsp3) is 0.250. The van der Waals surface area contributed by atoms with Crippen molar-refractivity contribution in [2.24, 2.45) is 7.05 Å². The van der Waals surface area contributed by atoms with Gasteiger partial charge in [0.15, 0.2) is 5.82 Å². The summed E-state index contributed by atoms with van der Waals surface area (Å²) in [4.78, 5) is 14.0. The van der Waals surface area contributed by atoms with Gasteiger partial charge in [0, 0.05) is 35.7 Å². The third kappa shape index (κ3) is 2.26. The zero-order valence-electron chi connectivity index (χ0n) is 12.5. The van der Waals surface area contributed by atoms with Crippen LogP contribution in [0.5, 0.6) is 0 Å². The highest BCUT2D eigenvalue weighted by atomic mass is 79.9. The molecule has 23 heavy (non-hydrogen) atoms. The SMILES string of the molecule is Cn1nc2n(c1=O)CCN(c1cccc3cc(Br)cc(F)c13)C2. The van der Waals surface area contributed by atoms with E-state index in [1.807, 2.05) is 24.3 Å². The molecule has 1 aliphatic heterocycles. The van der Waals surface area contributed by atoms with Gasteiger partial charge in [0.1, 0.15) is 5.82 Å². The summed E-state index contributed by atoms with van der Waals surface area (Å²) in [5.41, 5.74) is 0.726. The molecule has 0 aliphatic carbocycles. The number of halogens is 2. The monoisotopic (exact) mass is 376 g/mol. The van der Waals surface area contributed by atoms with Gasteiger partial charge in [-0.1, -0.05) is 28.1 Å². The van der Waals surface area contributed by atoms with Crippen molar-refractivity contribution in [3.8, 4) is 0 Å². The molecule has 0 atom stereocenters. The van der Waals surface area contributed by atoms with Crippen molar-refractivity contribution in [2.45, 2.75) is 13.1 Å². The quantitative estimate of drug-likeness (QED) is 0.655. The van der Waals surface area contributed by atoms with Crippen LogP contribution in [0, 0.1) is 5.82 Å². The molecule has 7 heteroatoms. The summed E-state index contributed by atoms with van der Waals surface area (Å²) in [5, 5.41) is 5.71. The Labute approximate surface area is 140 Å². The Morgan fingerprint density at radius 3 is 2.91 bits per heavy atom. The molecule has 0 N–H and O–H groups in total. The number of aromatic nitrogens is 3. The molecule has 0 radical (unpaired) electrons. The summed E-state index contributed by atoms with van der Waals surface area (Å²) in [7, 11) is 1.65. The van der Waals surface area contributed by atoms with Gasteiger partial charge >= 0.3 is 5.69 Å². The summed E-state index contributed by atoms with van der Waals surface area (Å²) >= 11 is 3.33. The number of aryl methyl sites for hydroxylation is 1. The second-order valence-corrected chi connectivity index (χ2v) is 6.57. The van der Waals surface area contributed by atoms with E-state index in [2.05, 4.69) is 25.9 Å². The lowest BCUT2D eigenvalue weighted by Crippen LogP contribution is -2.37. The standard InChI is InChI=1S/C16H14BrFN4O/c1-20-16(23)22-6-5-21(9-14(22)19-20)13-4-2-3-10-7-11(17)8-12(18)15(10)13/h2-4,7-8H,5-6,9H2,1H3. The molecule has 0 fully saturated rings. The highest BCUT2D eigenvalue weighted by Crippen LogP contribution is 2.33. The summed E-state index contributed by atoms with van der Waals surface area (Å²) in [6, 6.07) is 9.11. The minimum Gasteiger partial charge on any atom is -0.362 e. The van der Waals surface area contributed by atoms with Crippen LogP contribution in [0.15, 0.2) is 39.6 Å². The van der Waals surface area contributed by atoms with Crippen molar-refractivity contribution in [3.63, 3.8) is 0 Å². The van der Waals surface area contributed by atoms with Crippen molar-refractivity contribution in [3.05, 3.63) is 56.9 Å². The molecule has 2 heterocycles. The van der Waals surface area contributed by atoms with Gasteiger partial charge in [-0.3, -0.25) is 4.57 Å². The molecule has 0 spiro atoms. The molecule has 0 saturated heterocycles. The maximum Gasteiger partial charge on any atom is 0.345 e. The number of benzene rings is 2. The van der Waals surface area contributed by atoms with Gasteiger partial charge < -0.3 is 4.90 Å². The topological polar surface area (TPSA) is 43.1 Å². The molecule has 118 valence electrons. The van der Waals surface area contributed by atoms with Crippen molar-refractivity contribution < 1.29 is 4.39 Å². The molecular weight excluding hydrogens is 363 g/mol. The molecule has 1 aliphatic rings. The van der Waals surface area contributed by atoms with E-state index in [1.54, 1.807) is 11.6 Å². The summed E-state index contributed by atoms with van der Waals surface area (Å²) in [6.07, 6.45) is 0. The van der Waals surface area contributed by atoms with Crippen LogP contribution in [0.2, 0.25) is 0 Å². The Morgan fingerprint density at radius 2 is 2.09 bits per heavy atom. The zero-order valence-corrected chi connectivity index (χ0v) is 14.0. The highest BCUT2D eigenvalue weighted by Gasteiger charge is 2.23. The number of rotatable bonds is 1. The molecule has 0 saturated carbocycles. The summed E-state index contributed by atoms with van der Waals surface area (Å²) in [6.45, 7) is 1.69. The third-order valence-electron chi connectivity index (χ3n) is 4.22. The van der Waals surface area contributed by atoms with Crippen molar-refractivity contribution in [1.82, 2.24) is 14.3 Å². The van der Waals surface area contributed by atoms with Crippen LogP contribution in [-0.2, 0) is 20.1 Å². The Bertz CT molecular complexity index is 978. The van der Waals surface area contributed by atoms with Gasteiger partial charge in [-0.2, -0.15) is 5.10 Å². The van der Waals surface area contributed by atoms with Gasteiger partial charge in [0.05, 0.1) is 6.54 Å². The normalized spacial score (nSPS) is 14.3. The van der Waals surface area contributed by atoms with Crippen LogP contribution in [0.4, 0.5) is 10.1 Å². The van der Waals surface area contributed by atoms with Crippen LogP contribution in [0.1, 0.15) is 5.82 Å². The number of anilines is 1. The van der Waals surface area contributed by atoms with Gasteiger partial charge in [-0.25, -0.2) is 13.9 Å². The first-order chi connectivity index (χ1) is 11.0. The van der Waals surface area contributed by atoms with E-state index in [0.29, 0.717) is 30.8 Å². The maximum absolute atomic E-state index is 14.5. The molecule has 0 unspecified atom stereocenters. The van der Waals surface area contributed by atoms with Crippen molar-refractivity contribution in [2.75, 3.05) is 11.4 Å². The van der Waals surface area contributed by atoms with E-state index >= 15 is 0 Å². The predicted octanol–water partition coefficient (Wildman–Crippen LogP) is 2.66. The third-order valence-corrected chi connectivity index (χ3v) is 4.68. The van der Waals surface area contributed by atoms with E-state index in [4.69, 9.17) is 0 Å². The van der Waals surface area contributed by atoms with Crippen LogP contribution in [-0.4, -0.2) is 20.9 Å². The van der Waals surface area contributed by atoms with Gasteiger partial charge in [-0.15, -0.1) is 0 Å². The minimum atomic E-state index is -0.256. The van der Waals surface area contributed by atoms with E-state index in [-0.39, 0.29) is 11.5 Å². The van der Waals surface area contributed by atoms with Crippen LogP contribution in [0.3, 0.4) is 0 Å². The van der Waals surface area contributed by atoms with E-state index in [9.17, 15) is 9.18 Å². The average molecular weight is 377 g/mol. The second-order valence-electron chi connectivity index (χ2n) is 5.66.